The molecule has 0 aliphatic carbocycles. The first-order valence-electron chi connectivity index (χ1n) is 14.2. The van der Waals surface area contributed by atoms with Gasteiger partial charge in [-0.1, -0.05) is 103 Å². The van der Waals surface area contributed by atoms with E-state index in [0.29, 0.717) is 16.7 Å². The van der Waals surface area contributed by atoms with Crippen molar-refractivity contribution in [3.8, 4) is 0 Å². The minimum Gasteiger partial charge on any atom is -0.466 e. The monoisotopic (exact) mass is 598 g/mol. The number of fused-ring (bicyclic) bond motifs is 1. The zero-order valence-corrected chi connectivity index (χ0v) is 25.5. The van der Waals surface area contributed by atoms with Crippen LogP contribution in [0.25, 0.3) is 0 Å². The van der Waals surface area contributed by atoms with Gasteiger partial charge in [-0.15, -0.1) is 0 Å². The van der Waals surface area contributed by atoms with Crippen LogP contribution in [0.15, 0.2) is 109 Å². The van der Waals surface area contributed by atoms with E-state index in [1.54, 1.807) is 33.8 Å². The van der Waals surface area contributed by atoms with Gasteiger partial charge in [0, 0.05) is 5.56 Å². The summed E-state index contributed by atoms with van der Waals surface area (Å²) >= 11 is 0. The Bertz CT molecular complexity index is 1540. The fraction of sp³-hybridized carbons (Fsp3) is 0.257. The van der Waals surface area contributed by atoms with Crippen LogP contribution in [-0.4, -0.2) is 27.4 Å². The minimum atomic E-state index is -1.88. The third kappa shape index (κ3) is 5.19. The molecule has 0 bridgehead atoms. The standard InChI is InChI=1S/C35H35FN2O4S/c1-5-42-30(39)24-34(37-43(41)33(2,3)4)28-22-15-23-29(36)31(28)38(32(34)40)35(25-16-9-6-10-17-25,26-18-11-7-12-19-26)27-20-13-8-14-21-27/h6-23,37H,5,24H2,1-4H3/t34-,43+/m0/s1. The summed E-state index contributed by atoms with van der Waals surface area (Å²) in [5, 5.41) is 0. The Morgan fingerprint density at radius 1 is 0.837 bits per heavy atom. The normalized spacial score (nSPS) is 17.4. The van der Waals surface area contributed by atoms with Crippen LogP contribution in [0.5, 0.6) is 0 Å². The van der Waals surface area contributed by atoms with Crippen molar-refractivity contribution < 1.29 is 22.9 Å². The first kappa shape index (κ1) is 30.3. The van der Waals surface area contributed by atoms with Gasteiger partial charge >= 0.3 is 5.97 Å². The number of nitrogens with zero attached hydrogens (tertiary/aromatic N) is 1. The molecule has 8 heteroatoms. The lowest BCUT2D eigenvalue weighted by atomic mass is 9.75. The molecule has 222 valence electrons. The highest BCUT2D eigenvalue weighted by Gasteiger charge is 2.61. The van der Waals surface area contributed by atoms with Crippen molar-refractivity contribution in [2.45, 2.75) is 49.9 Å². The summed E-state index contributed by atoms with van der Waals surface area (Å²) in [5.74, 6) is -1.93. The predicted octanol–water partition coefficient (Wildman–Crippen LogP) is 6.36. The van der Waals surface area contributed by atoms with Gasteiger partial charge in [-0.3, -0.25) is 14.5 Å². The number of benzene rings is 4. The van der Waals surface area contributed by atoms with Crippen LogP contribution in [0.1, 0.15) is 56.4 Å². The van der Waals surface area contributed by atoms with E-state index in [0.717, 1.165) is 0 Å². The summed E-state index contributed by atoms with van der Waals surface area (Å²) in [4.78, 5) is 30.0. The van der Waals surface area contributed by atoms with Crippen LogP contribution in [0.2, 0.25) is 0 Å². The van der Waals surface area contributed by atoms with Crippen molar-refractivity contribution in [2.75, 3.05) is 11.5 Å². The summed E-state index contributed by atoms with van der Waals surface area (Å²) in [6.45, 7) is 7.06. The highest BCUT2D eigenvalue weighted by molar-refractivity contribution is 7.84. The van der Waals surface area contributed by atoms with E-state index in [-0.39, 0.29) is 17.9 Å². The number of carbonyl (C=O) groups excluding carboxylic acids is 2. The molecule has 6 nitrogen and oxygen atoms in total. The van der Waals surface area contributed by atoms with Crippen LogP contribution in [0, 0.1) is 5.82 Å². The van der Waals surface area contributed by atoms with Crippen molar-refractivity contribution in [3.05, 3.63) is 137 Å². The van der Waals surface area contributed by atoms with Gasteiger partial charge in [-0.05, 0) is 50.5 Å². The molecule has 0 saturated heterocycles. The summed E-state index contributed by atoms with van der Waals surface area (Å²) in [6, 6.07) is 32.7. The SMILES string of the molecule is CCOC(=O)C[C@@]1(N[S@](=O)C(C)(C)C)C(=O)N(C(c2ccccc2)(c2ccccc2)c2ccccc2)c2c(F)cccc21. The number of ether oxygens (including phenoxy) is 1. The zero-order valence-electron chi connectivity index (χ0n) is 24.7. The highest BCUT2D eigenvalue weighted by atomic mass is 32.2. The smallest absolute Gasteiger partial charge is 0.308 e. The number of halogens is 1. The lowest BCUT2D eigenvalue weighted by Crippen LogP contribution is -2.59. The Labute approximate surface area is 254 Å². The second-order valence-electron chi connectivity index (χ2n) is 11.5. The summed E-state index contributed by atoms with van der Waals surface area (Å²) in [6.07, 6.45) is -0.483. The van der Waals surface area contributed by atoms with Crippen LogP contribution in [0.4, 0.5) is 10.1 Å². The Balaban J connectivity index is 1.91. The first-order valence-corrected chi connectivity index (χ1v) is 15.4. The fourth-order valence-electron chi connectivity index (χ4n) is 5.79. The van der Waals surface area contributed by atoms with Gasteiger partial charge in [0.25, 0.3) is 5.91 Å². The van der Waals surface area contributed by atoms with Crippen LogP contribution < -0.4 is 9.62 Å². The topological polar surface area (TPSA) is 75.7 Å². The molecule has 4 aromatic carbocycles. The number of esters is 1. The van der Waals surface area contributed by atoms with Crippen molar-refractivity contribution in [1.29, 1.82) is 0 Å². The maximum absolute atomic E-state index is 16.4. The van der Waals surface area contributed by atoms with E-state index in [4.69, 9.17) is 4.74 Å². The average molecular weight is 599 g/mol. The molecule has 0 saturated carbocycles. The van der Waals surface area contributed by atoms with Gasteiger partial charge in [0.15, 0.2) is 0 Å². The number of hydrogen-bond acceptors (Lipinski definition) is 4. The summed E-state index contributed by atoms with van der Waals surface area (Å²) in [7, 11) is -1.82. The molecule has 0 spiro atoms. The molecule has 0 unspecified atom stereocenters. The molecule has 43 heavy (non-hydrogen) atoms. The number of nitrogens with one attached hydrogen (secondary N) is 1. The molecule has 4 aromatic rings. The van der Waals surface area contributed by atoms with Crippen molar-refractivity contribution in [3.63, 3.8) is 0 Å². The van der Waals surface area contributed by atoms with Crippen LogP contribution >= 0.6 is 0 Å². The number of anilines is 1. The van der Waals surface area contributed by atoms with Gasteiger partial charge in [0.2, 0.25) is 0 Å². The quantitative estimate of drug-likeness (QED) is 0.180. The van der Waals surface area contributed by atoms with Crippen molar-refractivity contribution in [1.82, 2.24) is 4.72 Å². The predicted molar refractivity (Wildman–Crippen MR) is 167 cm³/mol. The molecular formula is C35H35FN2O4S. The van der Waals surface area contributed by atoms with Gasteiger partial charge in [-0.25, -0.2) is 13.3 Å². The van der Waals surface area contributed by atoms with Gasteiger partial charge in [0.1, 0.15) is 16.9 Å². The largest absolute Gasteiger partial charge is 0.466 e. The maximum atomic E-state index is 16.4. The second-order valence-corrected chi connectivity index (χ2v) is 13.4. The lowest BCUT2D eigenvalue weighted by molar-refractivity contribution is -0.147. The Morgan fingerprint density at radius 3 is 1.77 bits per heavy atom. The molecule has 1 aliphatic heterocycles. The molecule has 1 amide bonds. The van der Waals surface area contributed by atoms with Gasteiger partial charge < -0.3 is 4.74 Å². The number of para-hydroxylation sites is 1. The van der Waals surface area contributed by atoms with E-state index in [1.807, 2.05) is 91.0 Å². The van der Waals surface area contributed by atoms with Crippen LogP contribution in [0.3, 0.4) is 0 Å². The number of amides is 1. The van der Waals surface area contributed by atoms with E-state index in [9.17, 15) is 9.00 Å². The van der Waals surface area contributed by atoms with E-state index >= 15 is 9.18 Å². The van der Waals surface area contributed by atoms with Crippen molar-refractivity contribution in [2.24, 2.45) is 0 Å². The molecule has 5 rings (SSSR count). The molecule has 1 heterocycles. The lowest BCUT2D eigenvalue weighted by Gasteiger charge is -2.44. The van der Waals surface area contributed by atoms with E-state index < -0.39 is 50.9 Å². The highest BCUT2D eigenvalue weighted by Crippen LogP contribution is 2.54. The van der Waals surface area contributed by atoms with E-state index in [1.165, 1.54) is 17.0 Å². The maximum Gasteiger partial charge on any atom is 0.308 e. The zero-order chi connectivity index (χ0) is 30.8. The molecule has 0 aromatic heterocycles. The summed E-state index contributed by atoms with van der Waals surface area (Å²) < 4.78 is 37.7. The molecule has 1 aliphatic rings. The van der Waals surface area contributed by atoms with Crippen LogP contribution in [-0.2, 0) is 36.4 Å². The third-order valence-electron chi connectivity index (χ3n) is 7.69. The third-order valence-corrected chi connectivity index (χ3v) is 9.33. The van der Waals surface area contributed by atoms with Gasteiger partial charge in [0.05, 0.1) is 34.4 Å². The molecule has 0 fully saturated rings. The second kappa shape index (κ2) is 11.9. The molecule has 1 N–H and O–H groups in total. The fourth-order valence-corrected chi connectivity index (χ4v) is 6.68. The van der Waals surface area contributed by atoms with E-state index in [2.05, 4.69) is 4.72 Å². The Kier molecular flexibility index (Phi) is 8.36. The Morgan fingerprint density at radius 2 is 1.33 bits per heavy atom. The Hall–Kier alpha value is -4.14. The number of carbonyl (C=O) groups is 2. The first-order chi connectivity index (χ1) is 20.6. The summed E-state index contributed by atoms with van der Waals surface area (Å²) in [5.41, 5.74) is -0.913. The molecular weight excluding hydrogens is 563 g/mol. The average Bonchev–Trinajstić information content (AvgIpc) is 3.23. The van der Waals surface area contributed by atoms with Gasteiger partial charge in [-0.2, -0.15) is 0 Å². The minimum absolute atomic E-state index is 0.00627. The molecule has 2 atom stereocenters. The number of rotatable bonds is 9. The molecule has 0 radical (unpaired) electrons. The van der Waals surface area contributed by atoms with Crippen molar-refractivity contribution >= 4 is 28.5 Å². The number of hydrogen-bond donors (Lipinski definition) is 1.